The van der Waals surface area contributed by atoms with Crippen LogP contribution in [0, 0.1) is 6.92 Å². The number of rotatable bonds is 7. The highest BCUT2D eigenvalue weighted by Crippen LogP contribution is 2.20. The van der Waals surface area contributed by atoms with Crippen LogP contribution >= 0.6 is 0 Å². The Morgan fingerprint density at radius 3 is 2.63 bits per heavy atom. The molecule has 0 spiro atoms. The van der Waals surface area contributed by atoms with Gasteiger partial charge in [-0.3, -0.25) is 4.79 Å². The third-order valence-corrected chi connectivity index (χ3v) is 4.41. The highest BCUT2D eigenvalue weighted by atomic mass is 16.5. The van der Waals surface area contributed by atoms with Crippen LogP contribution in [-0.4, -0.2) is 23.2 Å². The van der Waals surface area contributed by atoms with E-state index in [0.29, 0.717) is 18.1 Å². The molecule has 1 unspecified atom stereocenters. The van der Waals surface area contributed by atoms with Gasteiger partial charge in [0.15, 0.2) is 0 Å². The summed E-state index contributed by atoms with van der Waals surface area (Å²) in [5.74, 6) is 1.74. The first-order valence-electron chi connectivity index (χ1n) is 8.88. The fourth-order valence-electron chi connectivity index (χ4n) is 2.80. The molecule has 0 aliphatic heterocycles. The van der Waals surface area contributed by atoms with Crippen LogP contribution in [0.4, 0.5) is 0 Å². The lowest BCUT2D eigenvalue weighted by Crippen LogP contribution is -2.26. The van der Waals surface area contributed by atoms with E-state index in [9.17, 15) is 4.79 Å². The topological polar surface area (TPSA) is 77.2 Å². The Labute approximate surface area is 158 Å². The number of benzene rings is 2. The number of nitrogens with zero attached hydrogens (tertiary/aromatic N) is 2. The minimum Gasteiger partial charge on any atom is -0.497 e. The molecule has 1 heterocycles. The lowest BCUT2D eigenvalue weighted by atomic mass is 10.1. The predicted molar refractivity (Wildman–Crippen MR) is 102 cm³/mol. The van der Waals surface area contributed by atoms with E-state index in [4.69, 9.17) is 9.26 Å². The molecule has 0 saturated heterocycles. The molecule has 0 radical (unpaired) electrons. The highest BCUT2D eigenvalue weighted by molar-refractivity contribution is 5.76. The predicted octanol–water partition coefficient (Wildman–Crippen LogP) is 3.86. The number of nitrogens with one attached hydrogen (secondary N) is 1. The smallest absolute Gasteiger partial charge is 0.227 e. The first kappa shape index (κ1) is 18.6. The third kappa shape index (κ3) is 4.73. The Morgan fingerprint density at radius 2 is 1.93 bits per heavy atom. The monoisotopic (exact) mass is 365 g/mol. The molecule has 1 atom stereocenters. The van der Waals surface area contributed by atoms with Crippen LogP contribution in [0.25, 0.3) is 11.4 Å². The lowest BCUT2D eigenvalue weighted by molar-refractivity contribution is -0.121. The summed E-state index contributed by atoms with van der Waals surface area (Å²) in [7, 11) is 1.63. The molecule has 27 heavy (non-hydrogen) atoms. The van der Waals surface area contributed by atoms with E-state index in [0.717, 1.165) is 22.4 Å². The number of carbonyl (C=O) groups excluding carboxylic acids is 1. The van der Waals surface area contributed by atoms with Crippen molar-refractivity contribution in [2.24, 2.45) is 0 Å². The number of methoxy groups -OCH3 is 1. The SMILES string of the molecule is COc1ccc(C(C)NC(=O)CCc2nc(-c3ccccc3C)no2)cc1. The average Bonchev–Trinajstić information content (AvgIpc) is 3.15. The van der Waals surface area contributed by atoms with Crippen molar-refractivity contribution in [3.63, 3.8) is 0 Å². The van der Waals surface area contributed by atoms with Crippen LogP contribution in [0.2, 0.25) is 0 Å². The van der Waals surface area contributed by atoms with Crippen molar-refractivity contribution in [2.45, 2.75) is 32.7 Å². The van der Waals surface area contributed by atoms with Crippen molar-refractivity contribution < 1.29 is 14.1 Å². The molecular weight excluding hydrogens is 342 g/mol. The molecule has 3 rings (SSSR count). The summed E-state index contributed by atoms with van der Waals surface area (Å²) < 4.78 is 10.4. The van der Waals surface area contributed by atoms with Gasteiger partial charge in [0.1, 0.15) is 5.75 Å². The fourth-order valence-corrected chi connectivity index (χ4v) is 2.80. The van der Waals surface area contributed by atoms with Gasteiger partial charge in [0.05, 0.1) is 13.2 Å². The van der Waals surface area contributed by atoms with E-state index >= 15 is 0 Å². The number of ether oxygens (including phenoxy) is 1. The quantitative estimate of drug-likeness (QED) is 0.688. The van der Waals surface area contributed by atoms with E-state index in [2.05, 4.69) is 15.5 Å². The van der Waals surface area contributed by atoms with Crippen LogP contribution < -0.4 is 10.1 Å². The number of amides is 1. The molecule has 0 bridgehead atoms. The molecule has 140 valence electrons. The Kier molecular flexibility index (Phi) is 5.86. The Hall–Kier alpha value is -3.15. The average molecular weight is 365 g/mol. The van der Waals surface area contributed by atoms with Crippen molar-refractivity contribution in [2.75, 3.05) is 7.11 Å². The van der Waals surface area contributed by atoms with E-state index in [1.807, 2.05) is 62.4 Å². The zero-order chi connectivity index (χ0) is 19.2. The van der Waals surface area contributed by atoms with Gasteiger partial charge in [0, 0.05) is 18.4 Å². The summed E-state index contributed by atoms with van der Waals surface area (Å²) in [4.78, 5) is 16.6. The van der Waals surface area contributed by atoms with Gasteiger partial charge in [-0.2, -0.15) is 4.98 Å². The zero-order valence-corrected chi connectivity index (χ0v) is 15.7. The Bertz CT molecular complexity index is 903. The van der Waals surface area contributed by atoms with Crippen LogP contribution in [-0.2, 0) is 11.2 Å². The molecule has 6 nitrogen and oxygen atoms in total. The van der Waals surface area contributed by atoms with Crippen LogP contribution in [0.15, 0.2) is 53.1 Å². The van der Waals surface area contributed by atoms with Crippen molar-refractivity contribution >= 4 is 5.91 Å². The molecular formula is C21H23N3O3. The Morgan fingerprint density at radius 1 is 1.19 bits per heavy atom. The first-order chi connectivity index (χ1) is 13.1. The normalized spacial score (nSPS) is 11.8. The van der Waals surface area contributed by atoms with E-state index < -0.39 is 0 Å². The molecule has 0 fully saturated rings. The molecule has 6 heteroatoms. The lowest BCUT2D eigenvalue weighted by Gasteiger charge is -2.14. The maximum absolute atomic E-state index is 12.2. The molecule has 0 saturated carbocycles. The number of hydrogen-bond donors (Lipinski definition) is 1. The number of aryl methyl sites for hydroxylation is 2. The van der Waals surface area contributed by atoms with Crippen molar-refractivity contribution in [1.82, 2.24) is 15.5 Å². The minimum atomic E-state index is -0.0892. The fraction of sp³-hybridized carbons (Fsp3) is 0.286. The molecule has 3 aromatic rings. The second-order valence-corrected chi connectivity index (χ2v) is 6.39. The van der Waals surface area contributed by atoms with Gasteiger partial charge in [-0.15, -0.1) is 0 Å². The summed E-state index contributed by atoms with van der Waals surface area (Å²) in [6.07, 6.45) is 0.690. The molecule has 1 N–H and O–H groups in total. The summed E-state index contributed by atoms with van der Waals surface area (Å²) in [5, 5.41) is 7.00. The van der Waals surface area contributed by atoms with Crippen molar-refractivity contribution in [1.29, 1.82) is 0 Å². The van der Waals surface area contributed by atoms with E-state index in [-0.39, 0.29) is 18.4 Å². The highest BCUT2D eigenvalue weighted by Gasteiger charge is 2.14. The van der Waals surface area contributed by atoms with Gasteiger partial charge in [0.2, 0.25) is 17.6 Å². The van der Waals surface area contributed by atoms with Gasteiger partial charge >= 0.3 is 0 Å². The minimum absolute atomic E-state index is 0.0611. The van der Waals surface area contributed by atoms with Gasteiger partial charge in [-0.25, -0.2) is 0 Å². The van der Waals surface area contributed by atoms with Gasteiger partial charge in [-0.05, 0) is 37.1 Å². The summed E-state index contributed by atoms with van der Waals surface area (Å²) in [5.41, 5.74) is 3.03. The van der Waals surface area contributed by atoms with Crippen LogP contribution in [0.3, 0.4) is 0 Å². The third-order valence-electron chi connectivity index (χ3n) is 4.41. The summed E-state index contributed by atoms with van der Waals surface area (Å²) in [6.45, 7) is 3.95. The largest absolute Gasteiger partial charge is 0.497 e. The van der Waals surface area contributed by atoms with Crippen LogP contribution in [0.5, 0.6) is 5.75 Å². The molecule has 2 aromatic carbocycles. The molecule has 0 aliphatic rings. The second-order valence-electron chi connectivity index (χ2n) is 6.39. The van der Waals surface area contributed by atoms with E-state index in [1.54, 1.807) is 7.11 Å². The molecule has 1 aromatic heterocycles. The molecule has 0 aliphatic carbocycles. The van der Waals surface area contributed by atoms with Crippen molar-refractivity contribution in [3.8, 4) is 17.1 Å². The summed E-state index contributed by atoms with van der Waals surface area (Å²) >= 11 is 0. The second kappa shape index (κ2) is 8.49. The van der Waals surface area contributed by atoms with Crippen LogP contribution in [0.1, 0.15) is 36.4 Å². The van der Waals surface area contributed by atoms with Gasteiger partial charge in [0.25, 0.3) is 0 Å². The Balaban J connectivity index is 1.54. The van der Waals surface area contributed by atoms with Gasteiger partial charge in [-0.1, -0.05) is 41.6 Å². The van der Waals surface area contributed by atoms with Gasteiger partial charge < -0.3 is 14.6 Å². The zero-order valence-electron chi connectivity index (χ0n) is 15.7. The molecule has 1 amide bonds. The number of aromatic nitrogens is 2. The first-order valence-corrected chi connectivity index (χ1v) is 8.88. The maximum atomic E-state index is 12.2. The summed E-state index contributed by atoms with van der Waals surface area (Å²) in [6, 6.07) is 15.4. The van der Waals surface area contributed by atoms with E-state index in [1.165, 1.54) is 0 Å². The number of hydrogen-bond acceptors (Lipinski definition) is 5. The number of carbonyl (C=O) groups is 1. The maximum Gasteiger partial charge on any atom is 0.227 e. The van der Waals surface area contributed by atoms with Crippen molar-refractivity contribution in [3.05, 3.63) is 65.5 Å². The standard InChI is InChI=1S/C21H23N3O3/c1-14-6-4-5-7-18(14)21-23-20(27-24-21)13-12-19(25)22-15(2)16-8-10-17(26-3)11-9-16/h4-11,15H,12-13H2,1-3H3,(H,22,25).